The third kappa shape index (κ3) is 3.56. The largest absolute Gasteiger partial charge is 0.353 e. The molecular weight excluding hydrogens is 162 g/mol. The number of nitrogens with one attached hydrogen (secondary N) is 1. The molecule has 0 spiro atoms. The molecule has 0 aliphatic rings. The van der Waals surface area contributed by atoms with Crippen molar-refractivity contribution in [2.75, 3.05) is 6.54 Å². The monoisotopic (exact) mass is 174 g/mol. The van der Waals surface area contributed by atoms with Crippen LogP contribution in [0, 0.1) is 6.07 Å². The van der Waals surface area contributed by atoms with Gasteiger partial charge in [0, 0.05) is 12.6 Å². The van der Waals surface area contributed by atoms with E-state index < -0.39 is 0 Å². The summed E-state index contributed by atoms with van der Waals surface area (Å²) >= 11 is 0. The summed E-state index contributed by atoms with van der Waals surface area (Å²) in [6.45, 7) is 2.54. The quantitative estimate of drug-likeness (QED) is 0.693. The van der Waals surface area contributed by atoms with Crippen molar-refractivity contribution in [2.45, 2.75) is 6.92 Å². The highest BCUT2D eigenvalue weighted by atomic mass is 16.1. The zero-order valence-electron chi connectivity index (χ0n) is 7.58. The standard InChI is InChI=1S/C11H12NO/c1-2-12-11(13)9-8-10-6-4-3-5-7-10/h3-6,8-9H,2H2,1H3,(H,12,13). The van der Waals surface area contributed by atoms with E-state index in [4.69, 9.17) is 0 Å². The Bertz CT molecular complexity index is 290. The minimum atomic E-state index is -0.0697. The summed E-state index contributed by atoms with van der Waals surface area (Å²) in [4.78, 5) is 11.0. The van der Waals surface area contributed by atoms with Crippen molar-refractivity contribution in [1.29, 1.82) is 0 Å². The number of carbonyl (C=O) groups is 1. The first-order valence-electron chi connectivity index (χ1n) is 4.25. The van der Waals surface area contributed by atoms with Gasteiger partial charge in [-0.05, 0) is 24.6 Å². The molecule has 0 bridgehead atoms. The predicted molar refractivity (Wildman–Crippen MR) is 53.0 cm³/mol. The molecule has 0 aromatic heterocycles. The molecule has 0 fully saturated rings. The van der Waals surface area contributed by atoms with Crippen LogP contribution in [0.5, 0.6) is 0 Å². The number of rotatable bonds is 3. The molecule has 1 aromatic carbocycles. The molecule has 1 radical (unpaired) electrons. The predicted octanol–water partition coefficient (Wildman–Crippen LogP) is 1.64. The molecule has 0 unspecified atom stereocenters. The van der Waals surface area contributed by atoms with Gasteiger partial charge in [-0.3, -0.25) is 4.79 Å². The fourth-order valence-corrected chi connectivity index (χ4v) is 0.910. The van der Waals surface area contributed by atoms with Gasteiger partial charge in [-0.1, -0.05) is 24.3 Å². The number of amides is 1. The highest BCUT2D eigenvalue weighted by molar-refractivity contribution is 5.91. The molecule has 1 rings (SSSR count). The normalized spacial score (nSPS) is 10.2. The molecule has 13 heavy (non-hydrogen) atoms. The summed E-state index contributed by atoms with van der Waals surface area (Å²) in [6, 6.07) is 10.5. The molecule has 0 saturated carbocycles. The van der Waals surface area contributed by atoms with Gasteiger partial charge >= 0.3 is 0 Å². The van der Waals surface area contributed by atoms with Crippen molar-refractivity contribution in [3.05, 3.63) is 42.0 Å². The Morgan fingerprint density at radius 3 is 3.08 bits per heavy atom. The maximum Gasteiger partial charge on any atom is 0.243 e. The van der Waals surface area contributed by atoms with E-state index in [0.29, 0.717) is 6.54 Å². The molecule has 0 aliphatic carbocycles. The van der Waals surface area contributed by atoms with E-state index >= 15 is 0 Å². The summed E-state index contributed by atoms with van der Waals surface area (Å²) in [5, 5.41) is 2.68. The number of benzene rings is 1. The van der Waals surface area contributed by atoms with Crippen LogP contribution < -0.4 is 5.32 Å². The molecule has 2 nitrogen and oxygen atoms in total. The Morgan fingerprint density at radius 2 is 2.46 bits per heavy atom. The lowest BCUT2D eigenvalue weighted by molar-refractivity contribution is -0.116. The van der Waals surface area contributed by atoms with E-state index in [-0.39, 0.29) is 5.91 Å². The lowest BCUT2D eigenvalue weighted by atomic mass is 10.2. The minimum absolute atomic E-state index is 0.0697. The van der Waals surface area contributed by atoms with Gasteiger partial charge in [0.25, 0.3) is 0 Å². The average Bonchev–Trinajstić information content (AvgIpc) is 2.17. The van der Waals surface area contributed by atoms with Crippen LogP contribution >= 0.6 is 0 Å². The molecule has 0 heterocycles. The fraction of sp³-hybridized carbons (Fsp3) is 0.182. The molecular formula is C11H12NO. The second-order valence-corrected chi connectivity index (χ2v) is 2.55. The molecule has 1 aromatic rings. The van der Waals surface area contributed by atoms with Crippen LogP contribution in [0.25, 0.3) is 6.08 Å². The van der Waals surface area contributed by atoms with E-state index in [1.165, 1.54) is 6.08 Å². The smallest absolute Gasteiger partial charge is 0.243 e. The minimum Gasteiger partial charge on any atom is -0.353 e. The SMILES string of the molecule is CCNC(=O)C=Cc1[c]cccc1. The summed E-state index contributed by atoms with van der Waals surface area (Å²) in [5.74, 6) is -0.0697. The Morgan fingerprint density at radius 1 is 1.62 bits per heavy atom. The third-order valence-electron chi connectivity index (χ3n) is 1.50. The van der Waals surface area contributed by atoms with Gasteiger partial charge in [0.15, 0.2) is 0 Å². The maximum absolute atomic E-state index is 11.0. The second kappa shape index (κ2) is 5.14. The lowest BCUT2D eigenvalue weighted by Crippen LogP contribution is -2.19. The Labute approximate surface area is 78.3 Å². The molecule has 1 amide bonds. The van der Waals surface area contributed by atoms with Gasteiger partial charge in [-0.2, -0.15) is 0 Å². The van der Waals surface area contributed by atoms with Crippen LogP contribution in [-0.4, -0.2) is 12.5 Å². The number of likely N-dealkylation sites (N-methyl/N-ethyl adjacent to an activating group) is 1. The fourth-order valence-electron chi connectivity index (χ4n) is 0.910. The van der Waals surface area contributed by atoms with E-state index in [2.05, 4.69) is 11.4 Å². The Balaban J connectivity index is 2.54. The number of carbonyl (C=O) groups excluding carboxylic acids is 1. The topological polar surface area (TPSA) is 29.1 Å². The summed E-state index contributed by atoms with van der Waals surface area (Å²) in [5.41, 5.74) is 0.911. The number of hydrogen-bond donors (Lipinski definition) is 1. The van der Waals surface area contributed by atoms with Crippen LogP contribution in [0.3, 0.4) is 0 Å². The van der Waals surface area contributed by atoms with E-state index in [9.17, 15) is 4.79 Å². The molecule has 0 aliphatic heterocycles. The van der Waals surface area contributed by atoms with Crippen LogP contribution in [0.1, 0.15) is 12.5 Å². The van der Waals surface area contributed by atoms with Crippen LogP contribution in [0.15, 0.2) is 30.3 Å². The molecule has 1 N–H and O–H groups in total. The van der Waals surface area contributed by atoms with Gasteiger partial charge in [0.05, 0.1) is 0 Å². The van der Waals surface area contributed by atoms with Crippen molar-refractivity contribution in [3.8, 4) is 0 Å². The van der Waals surface area contributed by atoms with E-state index in [0.717, 1.165) is 5.56 Å². The zero-order chi connectivity index (χ0) is 9.52. The third-order valence-corrected chi connectivity index (χ3v) is 1.50. The summed E-state index contributed by atoms with van der Waals surface area (Å²) < 4.78 is 0. The van der Waals surface area contributed by atoms with Crippen molar-refractivity contribution >= 4 is 12.0 Å². The second-order valence-electron chi connectivity index (χ2n) is 2.55. The van der Waals surface area contributed by atoms with E-state index in [1.54, 1.807) is 6.08 Å². The van der Waals surface area contributed by atoms with Crippen molar-refractivity contribution in [1.82, 2.24) is 5.32 Å². The number of hydrogen-bond acceptors (Lipinski definition) is 1. The van der Waals surface area contributed by atoms with Crippen LogP contribution in [0.2, 0.25) is 0 Å². The van der Waals surface area contributed by atoms with Gasteiger partial charge in [-0.15, -0.1) is 0 Å². The first-order valence-corrected chi connectivity index (χ1v) is 4.25. The van der Waals surface area contributed by atoms with Crippen molar-refractivity contribution in [3.63, 3.8) is 0 Å². The van der Waals surface area contributed by atoms with Gasteiger partial charge in [0.1, 0.15) is 0 Å². The first-order chi connectivity index (χ1) is 6.33. The summed E-state index contributed by atoms with van der Waals surface area (Å²) in [6.07, 6.45) is 3.25. The highest BCUT2D eigenvalue weighted by Crippen LogP contribution is 1.99. The van der Waals surface area contributed by atoms with Crippen molar-refractivity contribution < 1.29 is 4.79 Å². The molecule has 0 saturated heterocycles. The Kier molecular flexibility index (Phi) is 3.76. The Hall–Kier alpha value is -1.57. The maximum atomic E-state index is 11.0. The van der Waals surface area contributed by atoms with E-state index in [1.807, 2.05) is 31.2 Å². The van der Waals surface area contributed by atoms with Gasteiger partial charge < -0.3 is 5.32 Å². The lowest BCUT2D eigenvalue weighted by Gasteiger charge is -1.94. The molecule has 67 valence electrons. The van der Waals surface area contributed by atoms with Crippen LogP contribution in [-0.2, 0) is 4.79 Å². The molecule has 2 heteroatoms. The first kappa shape index (κ1) is 9.52. The zero-order valence-corrected chi connectivity index (χ0v) is 7.58. The highest BCUT2D eigenvalue weighted by Gasteiger charge is 1.90. The van der Waals surface area contributed by atoms with Crippen molar-refractivity contribution in [2.24, 2.45) is 0 Å². The van der Waals surface area contributed by atoms with Gasteiger partial charge in [-0.25, -0.2) is 0 Å². The average molecular weight is 174 g/mol. The van der Waals surface area contributed by atoms with Crippen LogP contribution in [0.4, 0.5) is 0 Å². The molecule has 0 atom stereocenters. The summed E-state index contributed by atoms with van der Waals surface area (Å²) in [7, 11) is 0. The van der Waals surface area contributed by atoms with Gasteiger partial charge in [0.2, 0.25) is 5.91 Å².